The SMILES string of the molecule is CCC(Cl)CNCc1ccc(I)cc1. The molecule has 1 N–H and O–H groups in total. The van der Waals surface area contributed by atoms with Crippen molar-refractivity contribution < 1.29 is 0 Å². The van der Waals surface area contributed by atoms with Crippen molar-refractivity contribution in [1.82, 2.24) is 5.32 Å². The summed E-state index contributed by atoms with van der Waals surface area (Å²) in [5, 5.41) is 3.59. The van der Waals surface area contributed by atoms with E-state index < -0.39 is 0 Å². The molecule has 0 heterocycles. The first-order chi connectivity index (χ1) is 6.72. The Bertz CT molecular complexity index is 260. The van der Waals surface area contributed by atoms with Gasteiger partial charge in [-0.1, -0.05) is 19.1 Å². The fourth-order valence-corrected chi connectivity index (χ4v) is 1.59. The molecular weight excluding hydrogens is 308 g/mol. The Balaban J connectivity index is 2.28. The van der Waals surface area contributed by atoms with Crippen LogP contribution in [0.25, 0.3) is 0 Å². The molecule has 0 spiro atoms. The fraction of sp³-hybridized carbons (Fsp3) is 0.455. The van der Waals surface area contributed by atoms with E-state index >= 15 is 0 Å². The number of rotatable bonds is 5. The molecule has 0 saturated carbocycles. The molecule has 0 aromatic heterocycles. The van der Waals surface area contributed by atoms with Gasteiger partial charge in [-0.15, -0.1) is 11.6 Å². The molecule has 1 rings (SSSR count). The van der Waals surface area contributed by atoms with Gasteiger partial charge in [-0.3, -0.25) is 0 Å². The summed E-state index contributed by atoms with van der Waals surface area (Å²) in [6.45, 7) is 3.88. The monoisotopic (exact) mass is 323 g/mol. The zero-order chi connectivity index (χ0) is 10.4. The molecule has 78 valence electrons. The number of benzene rings is 1. The standard InChI is InChI=1S/C11H15ClIN/c1-2-10(12)8-14-7-9-3-5-11(13)6-4-9/h3-6,10,14H,2,7-8H2,1H3. The molecule has 1 unspecified atom stereocenters. The van der Waals surface area contributed by atoms with Gasteiger partial charge in [0.25, 0.3) is 0 Å². The number of halogens is 2. The number of alkyl halides is 1. The number of nitrogens with one attached hydrogen (secondary N) is 1. The summed E-state index contributed by atoms with van der Waals surface area (Å²) in [7, 11) is 0. The Morgan fingerprint density at radius 1 is 1.36 bits per heavy atom. The van der Waals surface area contributed by atoms with Crippen LogP contribution in [-0.4, -0.2) is 11.9 Å². The zero-order valence-electron chi connectivity index (χ0n) is 8.26. The second-order valence-corrected chi connectivity index (χ2v) is 5.13. The van der Waals surface area contributed by atoms with Gasteiger partial charge < -0.3 is 5.32 Å². The van der Waals surface area contributed by atoms with Crippen LogP contribution in [0.4, 0.5) is 0 Å². The lowest BCUT2D eigenvalue weighted by Crippen LogP contribution is -2.22. The predicted molar refractivity (Wildman–Crippen MR) is 70.8 cm³/mol. The van der Waals surface area contributed by atoms with Crippen LogP contribution in [0.5, 0.6) is 0 Å². The van der Waals surface area contributed by atoms with Crippen LogP contribution in [-0.2, 0) is 6.54 Å². The second-order valence-electron chi connectivity index (χ2n) is 3.26. The fourth-order valence-electron chi connectivity index (χ4n) is 1.12. The van der Waals surface area contributed by atoms with Crippen LogP contribution in [0.1, 0.15) is 18.9 Å². The van der Waals surface area contributed by atoms with E-state index in [-0.39, 0.29) is 5.38 Å². The quantitative estimate of drug-likeness (QED) is 0.647. The molecule has 14 heavy (non-hydrogen) atoms. The van der Waals surface area contributed by atoms with Crippen LogP contribution >= 0.6 is 34.2 Å². The van der Waals surface area contributed by atoms with E-state index in [2.05, 4.69) is 59.1 Å². The van der Waals surface area contributed by atoms with Crippen molar-refractivity contribution in [3.63, 3.8) is 0 Å². The average molecular weight is 324 g/mol. The van der Waals surface area contributed by atoms with Crippen LogP contribution in [0.15, 0.2) is 24.3 Å². The van der Waals surface area contributed by atoms with Gasteiger partial charge in [-0.25, -0.2) is 0 Å². The molecule has 0 saturated heterocycles. The molecule has 1 nitrogen and oxygen atoms in total. The first-order valence-electron chi connectivity index (χ1n) is 4.81. The zero-order valence-corrected chi connectivity index (χ0v) is 11.2. The van der Waals surface area contributed by atoms with E-state index in [1.54, 1.807) is 0 Å². The van der Waals surface area contributed by atoms with Crippen LogP contribution in [0.3, 0.4) is 0 Å². The van der Waals surface area contributed by atoms with Crippen molar-refractivity contribution in [3.8, 4) is 0 Å². The van der Waals surface area contributed by atoms with Crippen LogP contribution < -0.4 is 5.32 Å². The van der Waals surface area contributed by atoms with Gasteiger partial charge in [0.1, 0.15) is 0 Å². The van der Waals surface area contributed by atoms with Crippen molar-refractivity contribution >= 4 is 34.2 Å². The minimum atomic E-state index is 0.249. The first kappa shape index (κ1) is 12.3. The highest BCUT2D eigenvalue weighted by Gasteiger charge is 1.99. The molecule has 1 atom stereocenters. The highest BCUT2D eigenvalue weighted by Crippen LogP contribution is 2.06. The summed E-state index contributed by atoms with van der Waals surface area (Å²) in [5.41, 5.74) is 1.31. The maximum atomic E-state index is 5.99. The summed E-state index contributed by atoms with van der Waals surface area (Å²) in [5.74, 6) is 0. The molecule has 0 aliphatic heterocycles. The summed E-state index contributed by atoms with van der Waals surface area (Å²) in [4.78, 5) is 0. The van der Waals surface area contributed by atoms with Gasteiger partial charge in [-0.2, -0.15) is 0 Å². The lowest BCUT2D eigenvalue weighted by molar-refractivity contribution is 0.647. The second kappa shape index (κ2) is 6.64. The Kier molecular flexibility index (Phi) is 5.82. The van der Waals surface area contributed by atoms with E-state index in [1.165, 1.54) is 9.13 Å². The highest BCUT2D eigenvalue weighted by atomic mass is 127. The van der Waals surface area contributed by atoms with Crippen molar-refractivity contribution in [2.24, 2.45) is 0 Å². The van der Waals surface area contributed by atoms with Crippen LogP contribution in [0.2, 0.25) is 0 Å². The van der Waals surface area contributed by atoms with Gasteiger partial charge in [0.15, 0.2) is 0 Å². The van der Waals surface area contributed by atoms with Crippen LogP contribution in [0, 0.1) is 3.57 Å². The average Bonchev–Trinajstić information content (AvgIpc) is 2.21. The Morgan fingerprint density at radius 2 is 2.00 bits per heavy atom. The summed E-state index contributed by atoms with van der Waals surface area (Å²) >= 11 is 8.30. The molecule has 0 bridgehead atoms. The molecular formula is C11H15ClIN. The first-order valence-corrected chi connectivity index (χ1v) is 6.33. The summed E-state index contributed by atoms with van der Waals surface area (Å²) in [6, 6.07) is 8.53. The summed E-state index contributed by atoms with van der Waals surface area (Å²) < 4.78 is 1.27. The van der Waals surface area contributed by atoms with Crippen molar-refractivity contribution in [3.05, 3.63) is 33.4 Å². The van der Waals surface area contributed by atoms with E-state index in [0.29, 0.717) is 0 Å². The molecule has 0 radical (unpaired) electrons. The third-order valence-corrected chi connectivity index (χ3v) is 3.23. The lowest BCUT2D eigenvalue weighted by atomic mass is 10.2. The van der Waals surface area contributed by atoms with Crippen molar-refractivity contribution in [2.45, 2.75) is 25.3 Å². The maximum Gasteiger partial charge on any atom is 0.0458 e. The third kappa shape index (κ3) is 4.62. The lowest BCUT2D eigenvalue weighted by Gasteiger charge is -2.08. The van der Waals surface area contributed by atoms with Gasteiger partial charge in [0, 0.05) is 22.0 Å². The molecule has 0 aliphatic carbocycles. The number of hydrogen-bond donors (Lipinski definition) is 1. The smallest absolute Gasteiger partial charge is 0.0458 e. The van der Waals surface area contributed by atoms with Crippen molar-refractivity contribution in [2.75, 3.05) is 6.54 Å². The molecule has 0 amide bonds. The molecule has 0 fully saturated rings. The van der Waals surface area contributed by atoms with E-state index in [1.807, 2.05) is 0 Å². The molecule has 0 aliphatic rings. The minimum Gasteiger partial charge on any atom is -0.311 e. The summed E-state index contributed by atoms with van der Waals surface area (Å²) in [6.07, 6.45) is 1.02. The Labute approximate surface area is 104 Å². The Hall–Kier alpha value is 0.200. The van der Waals surface area contributed by atoms with E-state index in [0.717, 1.165) is 19.5 Å². The molecule has 1 aromatic rings. The van der Waals surface area contributed by atoms with Gasteiger partial charge in [0.05, 0.1) is 0 Å². The van der Waals surface area contributed by atoms with Gasteiger partial charge in [0.2, 0.25) is 0 Å². The van der Waals surface area contributed by atoms with E-state index in [4.69, 9.17) is 11.6 Å². The maximum absolute atomic E-state index is 5.99. The Morgan fingerprint density at radius 3 is 2.57 bits per heavy atom. The third-order valence-electron chi connectivity index (χ3n) is 2.05. The highest BCUT2D eigenvalue weighted by molar-refractivity contribution is 14.1. The number of hydrogen-bond acceptors (Lipinski definition) is 1. The normalized spacial score (nSPS) is 12.8. The van der Waals surface area contributed by atoms with Gasteiger partial charge >= 0.3 is 0 Å². The minimum absolute atomic E-state index is 0.249. The van der Waals surface area contributed by atoms with E-state index in [9.17, 15) is 0 Å². The van der Waals surface area contributed by atoms with Crippen molar-refractivity contribution in [1.29, 1.82) is 0 Å². The topological polar surface area (TPSA) is 12.0 Å². The molecule has 3 heteroatoms. The largest absolute Gasteiger partial charge is 0.311 e. The van der Waals surface area contributed by atoms with Gasteiger partial charge in [-0.05, 0) is 46.7 Å². The molecule has 1 aromatic carbocycles. The predicted octanol–water partition coefficient (Wildman–Crippen LogP) is 3.40.